The maximum Gasteiger partial charge on any atom is 0.270 e. The van der Waals surface area contributed by atoms with E-state index in [-0.39, 0.29) is 16.2 Å². The quantitative estimate of drug-likeness (QED) is 0.822. The van der Waals surface area contributed by atoms with Crippen LogP contribution in [0.2, 0.25) is 0 Å². The summed E-state index contributed by atoms with van der Waals surface area (Å²) in [5.74, 6) is -0.266. The Bertz CT molecular complexity index is 754. The molecule has 0 fully saturated rings. The van der Waals surface area contributed by atoms with Crippen LogP contribution in [0.5, 0.6) is 0 Å². The summed E-state index contributed by atoms with van der Waals surface area (Å²) in [6, 6.07) is 2.73. The van der Waals surface area contributed by atoms with Gasteiger partial charge in [0.2, 0.25) is 0 Å². The third kappa shape index (κ3) is 3.79. The van der Waals surface area contributed by atoms with Gasteiger partial charge in [0.05, 0.1) is 11.7 Å². The highest BCUT2D eigenvalue weighted by atomic mass is 35.7. The zero-order valence-corrected chi connectivity index (χ0v) is 14.4. The van der Waals surface area contributed by atoms with Gasteiger partial charge in [0.1, 0.15) is 9.09 Å². The lowest BCUT2D eigenvalue weighted by molar-refractivity contribution is 0.0943. The van der Waals surface area contributed by atoms with Crippen LogP contribution in [0.25, 0.3) is 0 Å². The van der Waals surface area contributed by atoms with Gasteiger partial charge in [-0.15, -0.1) is 16.4 Å². The van der Waals surface area contributed by atoms with Crippen LogP contribution in [0.3, 0.4) is 0 Å². The Hall–Kier alpha value is -1.03. The van der Waals surface area contributed by atoms with Gasteiger partial charge in [-0.2, -0.15) is 0 Å². The second-order valence-corrected chi connectivity index (χ2v) is 8.85. The molecular weight excluding hydrogens is 354 g/mol. The van der Waals surface area contributed by atoms with E-state index in [9.17, 15) is 13.2 Å². The van der Waals surface area contributed by atoms with Crippen LogP contribution in [0.1, 0.15) is 40.1 Å². The summed E-state index contributed by atoms with van der Waals surface area (Å²) < 4.78 is 26.3. The summed E-state index contributed by atoms with van der Waals surface area (Å²) in [5.41, 5.74) is 0.653. The number of thiophene rings is 1. The summed E-state index contributed by atoms with van der Waals surface area (Å²) >= 11 is 2.08. The molecular formula is C11H12ClN3O3S3. The predicted molar refractivity (Wildman–Crippen MR) is 82.5 cm³/mol. The highest BCUT2D eigenvalue weighted by molar-refractivity contribution is 8.15. The molecule has 0 aliphatic carbocycles. The van der Waals surface area contributed by atoms with Crippen LogP contribution < -0.4 is 5.32 Å². The summed E-state index contributed by atoms with van der Waals surface area (Å²) in [5, 5.41) is 6.69. The topological polar surface area (TPSA) is 89.0 Å². The van der Waals surface area contributed by atoms with Gasteiger partial charge in [-0.25, -0.2) is 8.42 Å². The molecule has 0 radical (unpaired) electrons. The summed E-state index contributed by atoms with van der Waals surface area (Å²) in [6.45, 7) is 3.67. The van der Waals surface area contributed by atoms with Gasteiger partial charge in [0, 0.05) is 15.6 Å². The molecule has 10 heteroatoms. The number of nitrogens with zero attached hydrogens (tertiary/aromatic N) is 2. The fraction of sp³-hybridized carbons (Fsp3) is 0.364. The lowest BCUT2D eigenvalue weighted by Gasteiger charge is -2.11. The molecule has 0 saturated heterocycles. The Labute approximate surface area is 134 Å². The van der Waals surface area contributed by atoms with Crippen molar-refractivity contribution < 1.29 is 13.2 Å². The van der Waals surface area contributed by atoms with Crippen molar-refractivity contribution in [2.75, 3.05) is 0 Å². The van der Waals surface area contributed by atoms with Crippen LogP contribution in [0, 0.1) is 0 Å². The molecule has 21 heavy (non-hydrogen) atoms. The van der Waals surface area contributed by atoms with Gasteiger partial charge in [-0.05, 0) is 37.0 Å². The second kappa shape index (κ2) is 6.39. The minimum Gasteiger partial charge on any atom is -0.344 e. The first-order chi connectivity index (χ1) is 9.82. The monoisotopic (exact) mass is 365 g/mol. The number of carbonyl (C=O) groups is 1. The van der Waals surface area contributed by atoms with E-state index in [1.54, 1.807) is 13.0 Å². The molecule has 1 unspecified atom stereocenters. The first-order valence-corrected chi connectivity index (χ1v) is 9.89. The van der Waals surface area contributed by atoms with Gasteiger partial charge >= 0.3 is 0 Å². The van der Waals surface area contributed by atoms with E-state index in [0.717, 1.165) is 22.9 Å². The number of aryl methyl sites for hydroxylation is 1. The lowest BCUT2D eigenvalue weighted by Crippen LogP contribution is -2.26. The van der Waals surface area contributed by atoms with E-state index < -0.39 is 9.05 Å². The highest BCUT2D eigenvalue weighted by Crippen LogP contribution is 2.29. The van der Waals surface area contributed by atoms with E-state index in [4.69, 9.17) is 10.7 Å². The van der Waals surface area contributed by atoms with Gasteiger partial charge < -0.3 is 5.32 Å². The molecule has 114 valence electrons. The van der Waals surface area contributed by atoms with Crippen molar-refractivity contribution in [3.63, 3.8) is 0 Å². The number of halogens is 1. The zero-order chi connectivity index (χ0) is 15.6. The van der Waals surface area contributed by atoms with E-state index in [2.05, 4.69) is 14.9 Å². The molecule has 1 amide bonds. The third-order valence-corrected chi connectivity index (χ3v) is 6.84. The molecule has 2 aromatic heterocycles. The maximum absolute atomic E-state index is 12.2. The van der Waals surface area contributed by atoms with Gasteiger partial charge in [-0.1, -0.05) is 11.4 Å². The number of hydrogen-bond acceptors (Lipinski definition) is 7. The first-order valence-electron chi connectivity index (χ1n) is 5.99. The minimum atomic E-state index is -3.74. The van der Waals surface area contributed by atoms with Crippen molar-refractivity contribution in [1.82, 2.24) is 14.9 Å². The number of aromatic nitrogens is 2. The van der Waals surface area contributed by atoms with Gasteiger partial charge in [0.15, 0.2) is 0 Å². The summed E-state index contributed by atoms with van der Waals surface area (Å²) in [7, 11) is 1.55. The molecule has 0 aliphatic heterocycles. The molecule has 1 N–H and O–H groups in total. The highest BCUT2D eigenvalue weighted by Gasteiger charge is 2.20. The Kier molecular flexibility index (Phi) is 4.97. The van der Waals surface area contributed by atoms with Gasteiger partial charge in [0.25, 0.3) is 15.0 Å². The number of nitrogens with one attached hydrogen (secondary N) is 1. The van der Waals surface area contributed by atoms with Crippen molar-refractivity contribution in [2.45, 2.75) is 30.5 Å². The van der Waals surface area contributed by atoms with Crippen molar-refractivity contribution in [3.8, 4) is 0 Å². The molecule has 2 aromatic rings. The molecule has 0 aromatic carbocycles. The second-order valence-electron chi connectivity index (χ2n) is 4.19. The molecule has 2 heterocycles. The molecule has 0 bridgehead atoms. The molecule has 0 aliphatic rings. The fourth-order valence-electron chi connectivity index (χ4n) is 1.64. The van der Waals surface area contributed by atoms with Crippen molar-refractivity contribution in [1.29, 1.82) is 0 Å². The Morgan fingerprint density at radius 3 is 2.76 bits per heavy atom. The van der Waals surface area contributed by atoms with Crippen LogP contribution in [0.4, 0.5) is 0 Å². The summed E-state index contributed by atoms with van der Waals surface area (Å²) in [4.78, 5) is 13.3. The van der Waals surface area contributed by atoms with Crippen molar-refractivity contribution in [2.24, 2.45) is 0 Å². The number of carbonyl (C=O) groups excluding carboxylic acids is 1. The van der Waals surface area contributed by atoms with E-state index in [0.29, 0.717) is 21.9 Å². The standard InChI is InChI=1S/C11H12ClN3O3S3/c1-3-7-10(20-15-14-7)11(16)13-6(2)8-4-5-9(19-8)21(12,17)18/h4-6H,3H2,1-2H3,(H,13,16). The molecule has 0 spiro atoms. The van der Waals surface area contributed by atoms with Crippen LogP contribution in [-0.2, 0) is 15.5 Å². The number of hydrogen-bond donors (Lipinski definition) is 1. The molecule has 1 atom stereocenters. The van der Waals surface area contributed by atoms with E-state index >= 15 is 0 Å². The lowest BCUT2D eigenvalue weighted by atomic mass is 10.2. The largest absolute Gasteiger partial charge is 0.344 e. The van der Waals surface area contributed by atoms with Crippen LogP contribution in [-0.4, -0.2) is 23.9 Å². The van der Waals surface area contributed by atoms with E-state index in [1.165, 1.54) is 6.07 Å². The smallest absolute Gasteiger partial charge is 0.270 e. The Morgan fingerprint density at radius 1 is 1.48 bits per heavy atom. The molecule has 2 rings (SSSR count). The van der Waals surface area contributed by atoms with Crippen molar-refractivity contribution in [3.05, 3.63) is 27.6 Å². The SMILES string of the molecule is CCc1nnsc1C(=O)NC(C)c1ccc(S(=O)(=O)Cl)s1. The molecule has 0 saturated carbocycles. The average Bonchev–Trinajstić information content (AvgIpc) is 3.06. The number of rotatable bonds is 5. The van der Waals surface area contributed by atoms with Gasteiger partial charge in [-0.3, -0.25) is 4.79 Å². The maximum atomic E-state index is 12.2. The predicted octanol–water partition coefficient (Wildman–Crippen LogP) is 2.58. The summed E-state index contributed by atoms with van der Waals surface area (Å²) in [6.07, 6.45) is 0.626. The zero-order valence-electron chi connectivity index (χ0n) is 11.2. The number of amides is 1. The Balaban J connectivity index is 2.13. The van der Waals surface area contributed by atoms with Crippen molar-refractivity contribution >= 4 is 48.5 Å². The third-order valence-electron chi connectivity index (χ3n) is 2.71. The normalized spacial score (nSPS) is 13.1. The minimum absolute atomic E-state index is 0.0639. The van der Waals surface area contributed by atoms with Crippen LogP contribution in [0.15, 0.2) is 16.3 Å². The Morgan fingerprint density at radius 2 is 2.19 bits per heavy atom. The van der Waals surface area contributed by atoms with Crippen LogP contribution >= 0.6 is 33.6 Å². The fourth-order valence-corrected chi connectivity index (χ4v) is 4.39. The first kappa shape index (κ1) is 16.3. The van der Waals surface area contributed by atoms with E-state index in [1.807, 2.05) is 6.92 Å². The molecule has 6 nitrogen and oxygen atoms in total. The average molecular weight is 366 g/mol.